The molecular weight excluding hydrogens is 250 g/mol. The summed E-state index contributed by atoms with van der Waals surface area (Å²) in [4.78, 5) is 2.06. The minimum absolute atomic E-state index is 0.563. The highest BCUT2D eigenvalue weighted by Crippen LogP contribution is 2.18. The van der Waals surface area contributed by atoms with Crippen molar-refractivity contribution in [3.05, 3.63) is 24.3 Å². The Bertz CT molecular complexity index is 470. The summed E-state index contributed by atoms with van der Waals surface area (Å²) in [5.41, 5.74) is 3.28. The molecule has 0 aromatic heterocycles. The molecule has 20 heavy (non-hydrogen) atoms. The van der Waals surface area contributed by atoms with Crippen LogP contribution in [0.2, 0.25) is 0 Å². The van der Waals surface area contributed by atoms with E-state index in [4.69, 9.17) is 0 Å². The molecule has 0 spiro atoms. The van der Waals surface area contributed by atoms with Crippen molar-refractivity contribution in [3.63, 3.8) is 0 Å². The smallest absolute Gasteiger partial charge is 0.183 e. The Kier molecular flexibility index (Phi) is 6.15. The van der Waals surface area contributed by atoms with Gasteiger partial charge in [-0.25, -0.2) is 0 Å². The minimum atomic E-state index is 0.563. The molecule has 110 valence electrons. The van der Waals surface area contributed by atoms with Crippen LogP contribution in [-0.4, -0.2) is 49.8 Å². The Labute approximate surface area is 122 Å². The van der Waals surface area contributed by atoms with Gasteiger partial charge in [-0.05, 0) is 31.2 Å². The van der Waals surface area contributed by atoms with Gasteiger partial charge in [0.15, 0.2) is 19.4 Å². The van der Waals surface area contributed by atoms with Crippen LogP contribution >= 0.6 is 0 Å². The largest absolute Gasteiger partial charge is 0.378 e. The number of hydrogen-bond donors (Lipinski definition) is 0. The van der Waals surface area contributed by atoms with Crippen LogP contribution in [0.1, 0.15) is 20.8 Å². The van der Waals surface area contributed by atoms with Gasteiger partial charge in [0.05, 0.1) is 12.2 Å². The third-order valence-electron chi connectivity index (χ3n) is 3.22. The van der Waals surface area contributed by atoms with Gasteiger partial charge in [-0.3, -0.25) is 0 Å². The molecule has 5 heteroatoms. The topological polar surface area (TPSA) is 34.2 Å². The second-order valence-corrected chi connectivity index (χ2v) is 5.09. The van der Waals surface area contributed by atoms with Crippen molar-refractivity contribution in [1.29, 1.82) is 0 Å². The first kappa shape index (κ1) is 16.1. The molecule has 0 amide bonds. The van der Waals surface area contributed by atoms with E-state index in [1.54, 1.807) is 0 Å². The summed E-state index contributed by atoms with van der Waals surface area (Å²) in [6.07, 6.45) is 0. The summed E-state index contributed by atoms with van der Waals surface area (Å²) in [6, 6.07) is 8.05. The highest BCUT2D eigenvalue weighted by molar-refractivity contribution is 5.73. The minimum Gasteiger partial charge on any atom is -0.378 e. The molecule has 0 atom stereocenters. The maximum absolute atomic E-state index is 4.27. The maximum Gasteiger partial charge on any atom is 0.183 e. The highest BCUT2D eigenvalue weighted by Gasteiger charge is 2.09. The van der Waals surface area contributed by atoms with Gasteiger partial charge >= 0.3 is 0 Å². The van der Waals surface area contributed by atoms with Crippen molar-refractivity contribution in [2.45, 2.75) is 20.8 Å². The zero-order valence-corrected chi connectivity index (χ0v) is 13.5. The third-order valence-corrected chi connectivity index (χ3v) is 3.22. The van der Waals surface area contributed by atoms with Crippen LogP contribution in [0.15, 0.2) is 34.5 Å². The van der Waals surface area contributed by atoms with E-state index in [9.17, 15) is 0 Å². The van der Waals surface area contributed by atoms with E-state index in [0.717, 1.165) is 17.9 Å². The molecule has 0 unspecified atom stereocenters. The molecule has 1 rings (SSSR count). The van der Waals surface area contributed by atoms with Gasteiger partial charge in [-0.15, -0.1) is 4.68 Å². The van der Waals surface area contributed by atoms with E-state index >= 15 is 0 Å². The van der Waals surface area contributed by atoms with Gasteiger partial charge in [-0.1, -0.05) is 0 Å². The van der Waals surface area contributed by atoms with E-state index < -0.39 is 0 Å². The number of anilines is 1. The molecule has 0 saturated heterocycles. The van der Waals surface area contributed by atoms with Gasteiger partial charge in [0.1, 0.15) is 0 Å². The molecule has 0 fully saturated rings. The van der Waals surface area contributed by atoms with Crippen LogP contribution in [0, 0.1) is 0 Å². The second kappa shape index (κ2) is 7.62. The summed E-state index contributed by atoms with van der Waals surface area (Å²) in [5, 5.41) is 10.7. The average Bonchev–Trinajstić information content (AvgIpc) is 2.43. The fourth-order valence-electron chi connectivity index (χ4n) is 1.69. The number of nitrogens with zero attached hydrogens (tertiary/aromatic N) is 5. The molecular formula is C15H26N5+. The zero-order valence-electron chi connectivity index (χ0n) is 13.5. The van der Waals surface area contributed by atoms with Crippen LogP contribution in [0.4, 0.5) is 11.4 Å². The number of benzene rings is 1. The molecule has 0 N–H and O–H groups in total. The number of rotatable bonds is 6. The van der Waals surface area contributed by atoms with Crippen molar-refractivity contribution in [2.75, 3.05) is 39.3 Å². The summed E-state index contributed by atoms with van der Waals surface area (Å²) < 4.78 is 2.11. The monoisotopic (exact) mass is 276 g/mol. The van der Waals surface area contributed by atoms with Crippen LogP contribution in [0.25, 0.3) is 0 Å². The average molecular weight is 276 g/mol. The quantitative estimate of drug-likeness (QED) is 0.346. The summed E-state index contributed by atoms with van der Waals surface area (Å²) in [7, 11) is 6.09. The Morgan fingerprint density at radius 1 is 1.15 bits per heavy atom. The Balaban J connectivity index is 2.66. The van der Waals surface area contributed by atoms with E-state index in [1.807, 2.05) is 45.4 Å². The molecule has 0 bridgehead atoms. The van der Waals surface area contributed by atoms with Crippen LogP contribution in [0.5, 0.6) is 0 Å². The molecule has 0 aliphatic carbocycles. The lowest BCUT2D eigenvalue weighted by Gasteiger charge is -2.14. The highest BCUT2D eigenvalue weighted by atomic mass is 15.6. The fourth-order valence-corrected chi connectivity index (χ4v) is 1.69. The van der Waals surface area contributed by atoms with Crippen molar-refractivity contribution >= 4 is 17.1 Å². The van der Waals surface area contributed by atoms with Crippen molar-refractivity contribution in [3.8, 4) is 0 Å². The van der Waals surface area contributed by atoms with Crippen molar-refractivity contribution in [2.24, 2.45) is 10.2 Å². The Morgan fingerprint density at radius 3 is 2.20 bits per heavy atom. The van der Waals surface area contributed by atoms with Gasteiger partial charge in [0, 0.05) is 33.6 Å². The van der Waals surface area contributed by atoms with Crippen molar-refractivity contribution < 1.29 is 4.68 Å². The maximum atomic E-state index is 4.27. The summed E-state index contributed by atoms with van der Waals surface area (Å²) in [6.45, 7) is 7.74. The first-order valence-electron chi connectivity index (χ1n) is 6.89. The number of hydrazine groups is 1. The molecule has 0 saturated carbocycles. The zero-order chi connectivity index (χ0) is 15.1. The van der Waals surface area contributed by atoms with Gasteiger partial charge in [-0.2, -0.15) is 15.2 Å². The number of hydrogen-bond acceptors (Lipinski definition) is 4. The second-order valence-electron chi connectivity index (χ2n) is 5.09. The fraction of sp³-hybridized carbons (Fsp3) is 0.533. The normalized spacial score (nSPS) is 10.7. The summed E-state index contributed by atoms with van der Waals surface area (Å²) >= 11 is 0. The first-order chi connectivity index (χ1) is 9.45. The van der Waals surface area contributed by atoms with Crippen LogP contribution in [-0.2, 0) is 0 Å². The molecule has 0 aliphatic heterocycles. The molecule has 1 aromatic carbocycles. The van der Waals surface area contributed by atoms with Gasteiger partial charge < -0.3 is 4.90 Å². The number of azo groups is 1. The number of hydrazone groups is 1. The molecule has 0 radical (unpaired) electrons. The van der Waals surface area contributed by atoms with E-state index in [-0.39, 0.29) is 0 Å². The lowest BCUT2D eigenvalue weighted by molar-refractivity contribution is -0.668. The Hall–Kier alpha value is -1.91. The van der Waals surface area contributed by atoms with Gasteiger partial charge in [0.2, 0.25) is 0 Å². The molecule has 1 aromatic rings. The lowest BCUT2D eigenvalue weighted by atomic mass is 10.3. The predicted octanol–water partition coefficient (Wildman–Crippen LogP) is 3.15. The first-order valence-corrected chi connectivity index (χ1v) is 6.89. The standard InChI is InChI=1S/C15H26N5/c1-7-20(19(6)13(2)3)12-16-17-14-8-10-15(11-9-14)18(4)5/h8-11H,7,12H2,1-6H3/q+1. The Morgan fingerprint density at radius 2 is 1.75 bits per heavy atom. The van der Waals surface area contributed by atoms with Gasteiger partial charge in [0.25, 0.3) is 0 Å². The molecule has 0 aliphatic rings. The SMILES string of the molecule is CCN(CN=Nc1ccc(N(C)C)cc1)[N+](C)=C(C)C. The third kappa shape index (κ3) is 4.64. The molecule has 5 nitrogen and oxygen atoms in total. The lowest BCUT2D eigenvalue weighted by Crippen LogP contribution is -2.35. The summed E-state index contributed by atoms with van der Waals surface area (Å²) in [5.74, 6) is 0. The van der Waals surface area contributed by atoms with Crippen LogP contribution < -0.4 is 4.90 Å². The van der Waals surface area contributed by atoms with Crippen molar-refractivity contribution in [1.82, 2.24) is 5.01 Å². The van der Waals surface area contributed by atoms with E-state index in [1.165, 1.54) is 5.71 Å². The van der Waals surface area contributed by atoms with Crippen LogP contribution in [0.3, 0.4) is 0 Å². The molecule has 0 heterocycles. The van der Waals surface area contributed by atoms with E-state index in [0.29, 0.717) is 6.67 Å². The van der Waals surface area contributed by atoms with E-state index in [2.05, 4.69) is 45.6 Å². The predicted molar refractivity (Wildman–Crippen MR) is 85.1 cm³/mol.